The number of nitrogens with zero attached hydrogens (tertiary/aromatic N) is 2. The van der Waals surface area contributed by atoms with Crippen LogP contribution in [-0.4, -0.2) is 28.4 Å². The van der Waals surface area contributed by atoms with Crippen molar-refractivity contribution in [1.82, 2.24) is 9.88 Å². The molecule has 3 rings (SSSR count). The number of amides is 1. The highest BCUT2D eigenvalue weighted by molar-refractivity contribution is 7.09. The molecule has 1 saturated heterocycles. The van der Waals surface area contributed by atoms with E-state index >= 15 is 0 Å². The summed E-state index contributed by atoms with van der Waals surface area (Å²) in [6.45, 7) is 1.32. The lowest BCUT2D eigenvalue weighted by Crippen LogP contribution is -2.39. The zero-order chi connectivity index (χ0) is 13.2. The van der Waals surface area contributed by atoms with Crippen LogP contribution in [0.3, 0.4) is 0 Å². The molecule has 1 aromatic heterocycles. The van der Waals surface area contributed by atoms with Gasteiger partial charge in [-0.1, -0.05) is 12.8 Å². The van der Waals surface area contributed by atoms with Crippen LogP contribution in [0.2, 0.25) is 0 Å². The van der Waals surface area contributed by atoms with E-state index in [1.807, 2.05) is 5.38 Å². The van der Waals surface area contributed by atoms with Crippen molar-refractivity contribution in [3.63, 3.8) is 0 Å². The molecule has 1 atom stereocenters. The molecule has 1 unspecified atom stereocenters. The molecule has 1 aliphatic heterocycles. The molecule has 2 N–H and O–H groups in total. The maximum atomic E-state index is 12.6. The third-order valence-corrected chi connectivity index (χ3v) is 5.32. The predicted molar refractivity (Wildman–Crippen MR) is 76.0 cm³/mol. The molecule has 5 heteroatoms. The van der Waals surface area contributed by atoms with Crippen LogP contribution >= 0.6 is 11.3 Å². The van der Waals surface area contributed by atoms with Gasteiger partial charge in [-0.15, -0.1) is 11.3 Å². The molecule has 0 aromatic carbocycles. The number of thiazole rings is 1. The van der Waals surface area contributed by atoms with Crippen LogP contribution in [-0.2, 0) is 6.54 Å². The normalized spacial score (nSPS) is 24.3. The molecule has 2 aliphatic rings. The average molecular weight is 279 g/mol. The summed E-state index contributed by atoms with van der Waals surface area (Å²) in [6.07, 6.45) is 7.55. The zero-order valence-electron chi connectivity index (χ0n) is 11.2. The molecular formula is C14H21N3OS. The van der Waals surface area contributed by atoms with Gasteiger partial charge in [0, 0.05) is 24.5 Å². The first kappa shape index (κ1) is 13.1. The summed E-state index contributed by atoms with van der Waals surface area (Å²) in [6, 6.07) is 0.457. The van der Waals surface area contributed by atoms with Crippen molar-refractivity contribution in [2.45, 2.75) is 51.1 Å². The van der Waals surface area contributed by atoms with E-state index in [-0.39, 0.29) is 5.91 Å². The van der Waals surface area contributed by atoms with Gasteiger partial charge >= 0.3 is 0 Å². The fourth-order valence-corrected chi connectivity index (χ4v) is 4.18. The van der Waals surface area contributed by atoms with Crippen LogP contribution in [0, 0.1) is 5.92 Å². The lowest BCUT2D eigenvalue weighted by atomic mass is 9.96. The molecule has 0 bridgehead atoms. The summed E-state index contributed by atoms with van der Waals surface area (Å²) in [7, 11) is 0. The summed E-state index contributed by atoms with van der Waals surface area (Å²) >= 11 is 1.49. The minimum absolute atomic E-state index is 0.116. The third kappa shape index (κ3) is 2.54. The number of carbonyl (C=O) groups is 1. The third-order valence-electron chi connectivity index (χ3n) is 4.45. The largest absolute Gasteiger partial charge is 0.334 e. The summed E-state index contributed by atoms with van der Waals surface area (Å²) in [4.78, 5) is 19.0. The van der Waals surface area contributed by atoms with Gasteiger partial charge < -0.3 is 10.6 Å². The average Bonchev–Trinajstić information content (AvgIpc) is 3.16. The predicted octanol–water partition coefficient (Wildman–Crippen LogP) is 2.40. The van der Waals surface area contributed by atoms with E-state index in [2.05, 4.69) is 9.88 Å². The quantitative estimate of drug-likeness (QED) is 0.924. The maximum Gasteiger partial charge on any atom is 0.273 e. The number of rotatable bonds is 3. The summed E-state index contributed by atoms with van der Waals surface area (Å²) in [5.41, 5.74) is 6.16. The number of nitrogens with two attached hydrogens (primary N) is 1. The Morgan fingerprint density at radius 3 is 2.84 bits per heavy atom. The van der Waals surface area contributed by atoms with E-state index in [1.165, 1.54) is 43.4 Å². The molecule has 4 nitrogen and oxygen atoms in total. The Balaban J connectivity index is 1.74. The first-order valence-corrected chi connectivity index (χ1v) is 8.13. The second-order valence-electron chi connectivity index (χ2n) is 5.58. The van der Waals surface area contributed by atoms with Gasteiger partial charge in [0.15, 0.2) is 0 Å². The molecule has 2 heterocycles. The molecule has 1 saturated carbocycles. The lowest BCUT2D eigenvalue weighted by molar-refractivity contribution is 0.0683. The molecule has 1 aromatic rings. The highest BCUT2D eigenvalue weighted by Crippen LogP contribution is 2.36. The van der Waals surface area contributed by atoms with Crippen molar-refractivity contribution in [2.75, 3.05) is 6.54 Å². The molecule has 19 heavy (non-hydrogen) atoms. The Bertz CT molecular complexity index is 453. The second kappa shape index (κ2) is 5.59. The van der Waals surface area contributed by atoms with Crippen molar-refractivity contribution >= 4 is 17.2 Å². The van der Waals surface area contributed by atoms with Gasteiger partial charge in [0.25, 0.3) is 5.91 Å². The second-order valence-corrected chi connectivity index (χ2v) is 6.53. The van der Waals surface area contributed by atoms with Crippen molar-refractivity contribution in [1.29, 1.82) is 0 Å². The number of hydrogen-bond acceptors (Lipinski definition) is 4. The van der Waals surface area contributed by atoms with Gasteiger partial charge in [-0.05, 0) is 31.6 Å². The van der Waals surface area contributed by atoms with Crippen LogP contribution in [0.1, 0.15) is 54.0 Å². The molecule has 0 radical (unpaired) electrons. The van der Waals surface area contributed by atoms with E-state index in [9.17, 15) is 4.79 Å². The van der Waals surface area contributed by atoms with Crippen LogP contribution in [0.4, 0.5) is 0 Å². The van der Waals surface area contributed by atoms with E-state index in [0.717, 1.165) is 23.9 Å². The van der Waals surface area contributed by atoms with Gasteiger partial charge in [-0.25, -0.2) is 4.98 Å². The molecular weight excluding hydrogens is 258 g/mol. The van der Waals surface area contributed by atoms with E-state index in [4.69, 9.17) is 5.73 Å². The van der Waals surface area contributed by atoms with Gasteiger partial charge in [0.1, 0.15) is 10.7 Å². The first-order chi connectivity index (χ1) is 9.29. The Morgan fingerprint density at radius 2 is 2.16 bits per heavy atom. The SMILES string of the molecule is NCc1nc(C(=O)N2CCCC2C2CCCC2)cs1. The van der Waals surface area contributed by atoms with Crippen molar-refractivity contribution in [3.05, 3.63) is 16.1 Å². The van der Waals surface area contributed by atoms with Crippen molar-refractivity contribution in [2.24, 2.45) is 11.7 Å². The Hall–Kier alpha value is -0.940. The molecule has 0 spiro atoms. The number of hydrogen-bond donors (Lipinski definition) is 1. The standard InChI is InChI=1S/C14H21N3OS/c15-8-13-16-11(9-19-13)14(18)17-7-3-6-12(17)10-4-1-2-5-10/h9-10,12H,1-8,15H2. The molecule has 1 amide bonds. The zero-order valence-corrected chi connectivity index (χ0v) is 12.0. The number of likely N-dealkylation sites (tertiary alicyclic amines) is 1. The minimum atomic E-state index is 0.116. The van der Waals surface area contributed by atoms with Crippen molar-refractivity contribution < 1.29 is 4.79 Å². The van der Waals surface area contributed by atoms with E-state index < -0.39 is 0 Å². The number of aromatic nitrogens is 1. The lowest BCUT2D eigenvalue weighted by Gasteiger charge is -2.28. The molecule has 2 fully saturated rings. The van der Waals surface area contributed by atoms with E-state index in [1.54, 1.807) is 0 Å². The Morgan fingerprint density at radius 1 is 1.37 bits per heavy atom. The monoisotopic (exact) mass is 279 g/mol. The van der Waals surface area contributed by atoms with E-state index in [0.29, 0.717) is 18.3 Å². The van der Waals surface area contributed by atoms with Crippen molar-refractivity contribution in [3.8, 4) is 0 Å². The van der Waals surface area contributed by atoms with Gasteiger partial charge in [-0.3, -0.25) is 4.79 Å². The van der Waals surface area contributed by atoms with Gasteiger partial charge in [0.2, 0.25) is 0 Å². The Kier molecular flexibility index (Phi) is 3.84. The highest BCUT2D eigenvalue weighted by atomic mass is 32.1. The fourth-order valence-electron chi connectivity index (χ4n) is 3.53. The smallest absolute Gasteiger partial charge is 0.273 e. The molecule has 104 valence electrons. The highest BCUT2D eigenvalue weighted by Gasteiger charge is 2.36. The summed E-state index contributed by atoms with van der Waals surface area (Å²) < 4.78 is 0. The fraction of sp³-hybridized carbons (Fsp3) is 0.714. The summed E-state index contributed by atoms with van der Waals surface area (Å²) in [5.74, 6) is 0.837. The Labute approximate surface area is 118 Å². The summed E-state index contributed by atoms with van der Waals surface area (Å²) in [5, 5.41) is 2.70. The van der Waals surface area contributed by atoms with Gasteiger partial charge in [-0.2, -0.15) is 0 Å². The van der Waals surface area contributed by atoms with Crippen LogP contribution < -0.4 is 5.73 Å². The molecule has 1 aliphatic carbocycles. The first-order valence-electron chi connectivity index (χ1n) is 7.25. The minimum Gasteiger partial charge on any atom is -0.334 e. The number of carbonyl (C=O) groups excluding carboxylic acids is 1. The van der Waals surface area contributed by atoms with Crippen LogP contribution in [0.15, 0.2) is 5.38 Å². The topological polar surface area (TPSA) is 59.2 Å². The van der Waals surface area contributed by atoms with Crippen LogP contribution in [0.5, 0.6) is 0 Å². The van der Waals surface area contributed by atoms with Gasteiger partial charge in [0.05, 0.1) is 0 Å². The van der Waals surface area contributed by atoms with Crippen LogP contribution in [0.25, 0.3) is 0 Å². The maximum absolute atomic E-state index is 12.6.